The minimum Gasteiger partial charge on any atom is -0.315 e. The van der Waals surface area contributed by atoms with Gasteiger partial charge < -0.3 is 5.32 Å². The summed E-state index contributed by atoms with van der Waals surface area (Å²) < 4.78 is 28.3. The smallest absolute Gasteiger partial charge is 0.241 e. The summed E-state index contributed by atoms with van der Waals surface area (Å²) in [6.45, 7) is 2.74. The Morgan fingerprint density at radius 1 is 1.33 bits per heavy atom. The van der Waals surface area contributed by atoms with Crippen molar-refractivity contribution in [3.05, 3.63) is 37.2 Å². The molecule has 2 aromatic rings. The van der Waals surface area contributed by atoms with Crippen LogP contribution in [0.25, 0.3) is 0 Å². The molecule has 0 bridgehead atoms. The van der Waals surface area contributed by atoms with E-state index in [1.54, 1.807) is 7.05 Å². The summed E-state index contributed by atoms with van der Waals surface area (Å²) in [6, 6.07) is 3.74. The molecule has 0 aliphatic carbocycles. The molecular formula is C13H17ClN2O2S3. The lowest BCUT2D eigenvalue weighted by molar-refractivity contribution is 0.580. The lowest BCUT2D eigenvalue weighted by Crippen LogP contribution is -2.27. The van der Waals surface area contributed by atoms with E-state index < -0.39 is 10.0 Å². The third-order valence-corrected chi connectivity index (χ3v) is 7.10. The molecule has 0 spiro atoms. The summed E-state index contributed by atoms with van der Waals surface area (Å²) in [7, 11) is -1.67. The number of nitrogens with one attached hydrogen (secondary N) is 2. The Kier molecular flexibility index (Phi) is 5.81. The molecule has 2 heterocycles. The standard InChI is InChI=1S/C13H17ClN2O2S3/c1-9-8-19-11(7-15-2)13(9)21(17,18)16-6-5-10-3-4-12(14)20-10/h3-4,8,15-16H,5-7H2,1-2H3. The van der Waals surface area contributed by atoms with E-state index >= 15 is 0 Å². The highest BCUT2D eigenvalue weighted by molar-refractivity contribution is 7.89. The molecule has 2 N–H and O–H groups in total. The third kappa shape index (κ3) is 4.28. The molecule has 0 aliphatic heterocycles. The molecule has 21 heavy (non-hydrogen) atoms. The van der Waals surface area contributed by atoms with E-state index in [0.29, 0.717) is 24.4 Å². The van der Waals surface area contributed by atoms with Gasteiger partial charge in [-0.1, -0.05) is 11.6 Å². The molecule has 4 nitrogen and oxygen atoms in total. The Bertz CT molecular complexity index is 707. The second-order valence-electron chi connectivity index (χ2n) is 4.55. The first-order chi connectivity index (χ1) is 9.94. The van der Waals surface area contributed by atoms with E-state index in [2.05, 4.69) is 10.0 Å². The normalized spacial score (nSPS) is 12.0. The van der Waals surface area contributed by atoms with Crippen LogP contribution >= 0.6 is 34.3 Å². The largest absolute Gasteiger partial charge is 0.315 e. The number of sulfonamides is 1. The molecule has 0 fully saturated rings. The first-order valence-corrected chi connectivity index (χ1v) is 9.95. The van der Waals surface area contributed by atoms with Crippen LogP contribution in [-0.4, -0.2) is 22.0 Å². The molecule has 0 aromatic carbocycles. The van der Waals surface area contributed by atoms with Crippen LogP contribution in [0.5, 0.6) is 0 Å². The maximum atomic E-state index is 12.5. The van der Waals surface area contributed by atoms with Crippen molar-refractivity contribution in [1.82, 2.24) is 10.0 Å². The van der Waals surface area contributed by atoms with Crippen LogP contribution in [0, 0.1) is 6.92 Å². The zero-order chi connectivity index (χ0) is 15.5. The van der Waals surface area contributed by atoms with E-state index in [-0.39, 0.29) is 0 Å². The van der Waals surface area contributed by atoms with Gasteiger partial charge >= 0.3 is 0 Å². The summed E-state index contributed by atoms with van der Waals surface area (Å²) >= 11 is 8.80. The van der Waals surface area contributed by atoms with Gasteiger partial charge in [-0.2, -0.15) is 0 Å². The number of aryl methyl sites for hydroxylation is 1. The highest BCUT2D eigenvalue weighted by Gasteiger charge is 2.22. The summed E-state index contributed by atoms with van der Waals surface area (Å²) in [5, 5.41) is 4.87. The van der Waals surface area contributed by atoms with Gasteiger partial charge in [-0.05, 0) is 43.5 Å². The van der Waals surface area contributed by atoms with Gasteiger partial charge in [0.1, 0.15) is 4.90 Å². The van der Waals surface area contributed by atoms with Crippen molar-refractivity contribution < 1.29 is 8.42 Å². The van der Waals surface area contributed by atoms with Gasteiger partial charge in [0.2, 0.25) is 10.0 Å². The summed E-state index contributed by atoms with van der Waals surface area (Å²) in [5.41, 5.74) is 0.789. The third-order valence-electron chi connectivity index (χ3n) is 2.89. The Morgan fingerprint density at radius 2 is 2.10 bits per heavy atom. The second-order valence-corrected chi connectivity index (χ2v) is 9.02. The van der Waals surface area contributed by atoms with Crippen molar-refractivity contribution in [3.63, 3.8) is 0 Å². The van der Waals surface area contributed by atoms with Gasteiger partial charge in [-0.15, -0.1) is 22.7 Å². The van der Waals surface area contributed by atoms with Gasteiger partial charge in [-0.25, -0.2) is 13.1 Å². The summed E-state index contributed by atoms with van der Waals surface area (Å²) in [6.07, 6.45) is 0.640. The number of hydrogen-bond acceptors (Lipinski definition) is 5. The van der Waals surface area contributed by atoms with E-state index in [0.717, 1.165) is 19.7 Å². The van der Waals surface area contributed by atoms with E-state index in [1.807, 2.05) is 24.4 Å². The van der Waals surface area contributed by atoms with E-state index in [9.17, 15) is 8.42 Å². The SMILES string of the molecule is CNCc1scc(C)c1S(=O)(=O)NCCc1ccc(Cl)s1. The first kappa shape index (κ1) is 16.9. The topological polar surface area (TPSA) is 58.2 Å². The predicted molar refractivity (Wildman–Crippen MR) is 90.0 cm³/mol. The quantitative estimate of drug-likeness (QED) is 0.794. The Hall–Kier alpha value is -0.440. The van der Waals surface area contributed by atoms with Crippen molar-refractivity contribution >= 4 is 44.3 Å². The highest BCUT2D eigenvalue weighted by Crippen LogP contribution is 2.27. The molecule has 0 unspecified atom stereocenters. The van der Waals surface area contributed by atoms with Crippen LogP contribution in [0.1, 0.15) is 15.3 Å². The maximum Gasteiger partial charge on any atom is 0.241 e. The monoisotopic (exact) mass is 364 g/mol. The zero-order valence-corrected chi connectivity index (χ0v) is 15.0. The fourth-order valence-corrected chi connectivity index (χ4v) is 5.94. The van der Waals surface area contributed by atoms with Crippen molar-refractivity contribution in [2.45, 2.75) is 24.8 Å². The number of rotatable bonds is 7. The van der Waals surface area contributed by atoms with Crippen molar-refractivity contribution in [3.8, 4) is 0 Å². The minimum absolute atomic E-state index is 0.369. The zero-order valence-electron chi connectivity index (χ0n) is 11.8. The van der Waals surface area contributed by atoms with Crippen LogP contribution in [0.2, 0.25) is 4.34 Å². The molecule has 116 valence electrons. The average molecular weight is 365 g/mol. The lowest BCUT2D eigenvalue weighted by Gasteiger charge is -2.08. The first-order valence-electron chi connectivity index (χ1n) is 6.39. The van der Waals surface area contributed by atoms with Crippen LogP contribution in [-0.2, 0) is 23.0 Å². The molecule has 8 heteroatoms. The molecule has 0 saturated carbocycles. The second kappa shape index (κ2) is 7.21. The van der Waals surface area contributed by atoms with Gasteiger partial charge in [0.05, 0.1) is 4.34 Å². The van der Waals surface area contributed by atoms with Gasteiger partial charge in [-0.3, -0.25) is 0 Å². The molecule has 0 saturated heterocycles. The highest BCUT2D eigenvalue weighted by atomic mass is 35.5. The van der Waals surface area contributed by atoms with E-state index in [4.69, 9.17) is 11.6 Å². The minimum atomic E-state index is -3.47. The molecular weight excluding hydrogens is 348 g/mol. The lowest BCUT2D eigenvalue weighted by atomic mass is 10.3. The molecule has 0 radical (unpaired) electrons. The molecule has 2 rings (SSSR count). The fourth-order valence-electron chi connectivity index (χ4n) is 2.00. The number of halogens is 1. The Morgan fingerprint density at radius 3 is 2.71 bits per heavy atom. The van der Waals surface area contributed by atoms with Crippen LogP contribution in [0.4, 0.5) is 0 Å². The average Bonchev–Trinajstić information content (AvgIpc) is 2.97. The fraction of sp³-hybridized carbons (Fsp3) is 0.385. The predicted octanol–water partition coefficient (Wildman–Crippen LogP) is 3.01. The molecule has 0 atom stereocenters. The van der Waals surface area contributed by atoms with Crippen LogP contribution < -0.4 is 10.0 Å². The van der Waals surface area contributed by atoms with Crippen LogP contribution in [0.3, 0.4) is 0 Å². The van der Waals surface area contributed by atoms with Gasteiger partial charge in [0.25, 0.3) is 0 Å². The van der Waals surface area contributed by atoms with E-state index in [1.165, 1.54) is 22.7 Å². The number of thiophene rings is 2. The maximum absolute atomic E-state index is 12.5. The van der Waals surface area contributed by atoms with Crippen molar-refractivity contribution in [2.24, 2.45) is 0 Å². The van der Waals surface area contributed by atoms with Crippen molar-refractivity contribution in [1.29, 1.82) is 0 Å². The molecule has 0 amide bonds. The molecule has 2 aromatic heterocycles. The van der Waals surface area contributed by atoms with Gasteiger partial charge in [0.15, 0.2) is 0 Å². The number of hydrogen-bond donors (Lipinski definition) is 2. The summed E-state index contributed by atoms with van der Waals surface area (Å²) in [4.78, 5) is 2.31. The molecule has 0 aliphatic rings. The van der Waals surface area contributed by atoms with Gasteiger partial charge in [0, 0.05) is 22.8 Å². The van der Waals surface area contributed by atoms with Crippen molar-refractivity contribution in [2.75, 3.05) is 13.6 Å². The Balaban J connectivity index is 2.06. The summed E-state index contributed by atoms with van der Waals surface area (Å²) in [5.74, 6) is 0. The van der Waals surface area contributed by atoms with Crippen LogP contribution in [0.15, 0.2) is 22.4 Å². The Labute approximate surface area is 138 Å².